The first-order chi connectivity index (χ1) is 8.20. The molecule has 4 heteroatoms. The molecule has 0 N–H and O–H groups in total. The summed E-state index contributed by atoms with van der Waals surface area (Å²) < 4.78 is 4.92. The normalized spacial score (nSPS) is 10.6. The van der Waals surface area contributed by atoms with Crippen LogP contribution in [0.15, 0.2) is 30.7 Å². The smallest absolute Gasteiger partial charge is 0.316 e. The summed E-state index contributed by atoms with van der Waals surface area (Å²) in [4.78, 5) is 12.5. The summed E-state index contributed by atoms with van der Waals surface area (Å²) in [7, 11) is 1.55. The van der Waals surface area contributed by atoms with Crippen molar-refractivity contribution in [3.8, 4) is 17.3 Å². The number of hydrogen-bond acceptors (Lipinski definition) is 4. The minimum atomic E-state index is 0.369. The molecule has 0 atom stereocenters. The molecule has 0 bridgehead atoms. The lowest BCUT2D eigenvalue weighted by Crippen LogP contribution is -1.94. The molecule has 17 heavy (non-hydrogen) atoms. The molecule has 0 aliphatic rings. The van der Waals surface area contributed by atoms with Crippen LogP contribution in [0.25, 0.3) is 11.3 Å². The quantitative estimate of drug-likeness (QED) is 0.811. The average Bonchev–Trinajstić information content (AvgIpc) is 2.39. The van der Waals surface area contributed by atoms with Crippen LogP contribution < -0.4 is 4.74 Å². The molecule has 0 saturated carbocycles. The average molecular weight is 229 g/mol. The van der Waals surface area contributed by atoms with Crippen molar-refractivity contribution >= 4 is 0 Å². The molecule has 0 radical (unpaired) electrons. The highest BCUT2D eigenvalue weighted by Gasteiger charge is 2.05. The van der Waals surface area contributed by atoms with Gasteiger partial charge in [0.1, 0.15) is 0 Å². The van der Waals surface area contributed by atoms with E-state index in [9.17, 15) is 0 Å². The topological polar surface area (TPSA) is 47.9 Å². The summed E-state index contributed by atoms with van der Waals surface area (Å²) in [5.74, 6) is 0.482. The van der Waals surface area contributed by atoms with E-state index in [1.54, 1.807) is 19.5 Å². The zero-order valence-electron chi connectivity index (χ0n) is 10.2. The predicted octanol–water partition coefficient (Wildman–Crippen LogP) is 2.67. The van der Waals surface area contributed by atoms with E-state index in [0.29, 0.717) is 11.9 Å². The molecule has 2 heterocycles. The summed E-state index contributed by atoms with van der Waals surface area (Å²) in [5, 5.41) is 0. The number of aromatic nitrogens is 3. The van der Waals surface area contributed by atoms with Gasteiger partial charge in [-0.05, 0) is 23.6 Å². The van der Waals surface area contributed by atoms with Gasteiger partial charge in [-0.25, -0.2) is 9.97 Å². The SMILES string of the molecule is COc1ncc(-c2cc(C(C)C)ccn2)cn1. The van der Waals surface area contributed by atoms with Crippen molar-refractivity contribution < 1.29 is 4.74 Å². The third-order valence-electron chi connectivity index (χ3n) is 2.56. The predicted molar refractivity (Wildman–Crippen MR) is 65.9 cm³/mol. The van der Waals surface area contributed by atoms with Gasteiger partial charge < -0.3 is 4.74 Å². The van der Waals surface area contributed by atoms with Gasteiger partial charge in [-0.15, -0.1) is 0 Å². The summed E-state index contributed by atoms with van der Waals surface area (Å²) in [6.07, 6.45) is 5.26. The molecular formula is C13H15N3O. The fourth-order valence-corrected chi connectivity index (χ4v) is 1.52. The van der Waals surface area contributed by atoms with Crippen molar-refractivity contribution in [3.05, 3.63) is 36.3 Å². The Hall–Kier alpha value is -1.97. The van der Waals surface area contributed by atoms with E-state index in [1.807, 2.05) is 12.3 Å². The molecule has 0 saturated heterocycles. The highest BCUT2D eigenvalue weighted by atomic mass is 16.5. The molecule has 0 fully saturated rings. The Bertz CT molecular complexity index is 494. The van der Waals surface area contributed by atoms with Crippen molar-refractivity contribution in [1.82, 2.24) is 15.0 Å². The largest absolute Gasteiger partial charge is 0.467 e. The maximum Gasteiger partial charge on any atom is 0.316 e. The molecule has 0 aromatic carbocycles. The molecule has 2 aromatic rings. The first kappa shape index (κ1) is 11.5. The van der Waals surface area contributed by atoms with Crippen LogP contribution in [0, 0.1) is 0 Å². The van der Waals surface area contributed by atoms with Gasteiger partial charge in [-0.1, -0.05) is 13.8 Å². The highest BCUT2D eigenvalue weighted by Crippen LogP contribution is 2.21. The Kier molecular flexibility index (Phi) is 3.32. The number of nitrogens with zero attached hydrogens (tertiary/aromatic N) is 3. The molecule has 4 nitrogen and oxygen atoms in total. The number of rotatable bonds is 3. The molecule has 0 spiro atoms. The van der Waals surface area contributed by atoms with Crippen molar-refractivity contribution in [2.24, 2.45) is 0 Å². The second-order valence-electron chi connectivity index (χ2n) is 4.09. The fourth-order valence-electron chi connectivity index (χ4n) is 1.52. The van der Waals surface area contributed by atoms with Crippen LogP contribution in [0.1, 0.15) is 25.3 Å². The Morgan fingerprint density at radius 1 is 1.12 bits per heavy atom. The van der Waals surface area contributed by atoms with Gasteiger partial charge in [-0.2, -0.15) is 0 Å². The van der Waals surface area contributed by atoms with E-state index in [-0.39, 0.29) is 0 Å². The van der Waals surface area contributed by atoms with Crippen LogP contribution in [0.2, 0.25) is 0 Å². The van der Waals surface area contributed by atoms with Crippen molar-refractivity contribution in [1.29, 1.82) is 0 Å². The fraction of sp³-hybridized carbons (Fsp3) is 0.308. The van der Waals surface area contributed by atoms with Crippen LogP contribution in [0.3, 0.4) is 0 Å². The minimum absolute atomic E-state index is 0.369. The molecule has 0 unspecified atom stereocenters. The van der Waals surface area contributed by atoms with Crippen molar-refractivity contribution in [2.45, 2.75) is 19.8 Å². The van der Waals surface area contributed by atoms with Crippen molar-refractivity contribution in [2.75, 3.05) is 7.11 Å². The van der Waals surface area contributed by atoms with Gasteiger partial charge in [0.05, 0.1) is 12.8 Å². The van der Waals surface area contributed by atoms with Gasteiger partial charge >= 0.3 is 6.01 Å². The molecule has 2 aromatic heterocycles. The monoisotopic (exact) mass is 229 g/mol. The Morgan fingerprint density at radius 3 is 2.41 bits per heavy atom. The zero-order valence-corrected chi connectivity index (χ0v) is 10.2. The number of pyridine rings is 1. The summed E-state index contributed by atoms with van der Waals surface area (Å²) >= 11 is 0. The Balaban J connectivity index is 2.35. The lowest BCUT2D eigenvalue weighted by atomic mass is 10.0. The summed E-state index contributed by atoms with van der Waals surface area (Å²) in [5.41, 5.74) is 3.04. The van der Waals surface area contributed by atoms with Crippen LogP contribution in [0.4, 0.5) is 0 Å². The number of ether oxygens (including phenoxy) is 1. The van der Waals surface area contributed by atoms with Crippen LogP contribution >= 0.6 is 0 Å². The second kappa shape index (κ2) is 4.91. The third kappa shape index (κ3) is 2.58. The van der Waals surface area contributed by atoms with Crippen LogP contribution in [-0.4, -0.2) is 22.1 Å². The van der Waals surface area contributed by atoms with Gasteiger partial charge in [0.15, 0.2) is 0 Å². The maximum atomic E-state index is 4.92. The Labute approximate surface area is 101 Å². The number of methoxy groups -OCH3 is 1. The van der Waals surface area contributed by atoms with Gasteiger partial charge in [0.25, 0.3) is 0 Å². The molecule has 2 rings (SSSR count). The number of hydrogen-bond donors (Lipinski definition) is 0. The van der Waals surface area contributed by atoms with E-state index in [1.165, 1.54) is 5.56 Å². The van der Waals surface area contributed by atoms with Gasteiger partial charge in [0, 0.05) is 24.2 Å². The van der Waals surface area contributed by atoms with Gasteiger partial charge in [-0.3, -0.25) is 4.98 Å². The molecule has 0 aliphatic carbocycles. The molecule has 88 valence electrons. The van der Waals surface area contributed by atoms with Crippen LogP contribution in [-0.2, 0) is 0 Å². The van der Waals surface area contributed by atoms with E-state index in [0.717, 1.165) is 11.3 Å². The minimum Gasteiger partial charge on any atom is -0.467 e. The Morgan fingerprint density at radius 2 is 1.82 bits per heavy atom. The maximum absolute atomic E-state index is 4.92. The highest BCUT2D eigenvalue weighted by molar-refractivity contribution is 5.57. The summed E-state index contributed by atoms with van der Waals surface area (Å²) in [6.45, 7) is 4.31. The molecular weight excluding hydrogens is 214 g/mol. The first-order valence-corrected chi connectivity index (χ1v) is 5.53. The lowest BCUT2D eigenvalue weighted by molar-refractivity contribution is 0.380. The van der Waals surface area contributed by atoms with E-state index in [2.05, 4.69) is 34.9 Å². The third-order valence-corrected chi connectivity index (χ3v) is 2.56. The van der Waals surface area contributed by atoms with Crippen molar-refractivity contribution in [3.63, 3.8) is 0 Å². The zero-order chi connectivity index (χ0) is 12.3. The second-order valence-corrected chi connectivity index (χ2v) is 4.09. The van der Waals surface area contributed by atoms with E-state index in [4.69, 9.17) is 4.74 Å². The van der Waals surface area contributed by atoms with Crippen LogP contribution in [0.5, 0.6) is 6.01 Å². The lowest BCUT2D eigenvalue weighted by Gasteiger charge is -2.07. The first-order valence-electron chi connectivity index (χ1n) is 5.53. The van der Waals surface area contributed by atoms with E-state index < -0.39 is 0 Å². The molecule has 0 aliphatic heterocycles. The van der Waals surface area contributed by atoms with E-state index >= 15 is 0 Å². The standard InChI is InChI=1S/C13H15N3O/c1-9(2)10-4-5-14-12(6-10)11-7-15-13(17-3)16-8-11/h4-9H,1-3H3. The summed E-state index contributed by atoms with van der Waals surface area (Å²) in [6, 6.07) is 4.46. The molecule has 0 amide bonds. The van der Waals surface area contributed by atoms with Gasteiger partial charge in [0.2, 0.25) is 0 Å².